The van der Waals surface area contributed by atoms with E-state index in [4.69, 9.17) is 16.7 Å². The fraction of sp³-hybridized carbons (Fsp3) is 0. The van der Waals surface area contributed by atoms with Crippen molar-refractivity contribution < 1.29 is 19.6 Å². The second-order valence-electron chi connectivity index (χ2n) is 4.22. The Morgan fingerprint density at radius 3 is 2.36 bits per heavy atom. The highest BCUT2D eigenvalue weighted by atomic mass is 35.5. The molecule has 0 spiro atoms. The third-order valence-electron chi connectivity index (χ3n) is 2.81. The predicted molar refractivity (Wildman–Crippen MR) is 79.5 cm³/mol. The van der Waals surface area contributed by atoms with E-state index in [2.05, 4.69) is 5.32 Å². The number of aromatic carboxylic acids is 1. The van der Waals surface area contributed by atoms with Crippen LogP contribution >= 0.6 is 11.6 Å². The van der Waals surface area contributed by atoms with Crippen molar-refractivity contribution in [3.63, 3.8) is 0 Å². The average Bonchev–Trinajstić information content (AvgIpc) is 2.48. The number of hydrogen-bond donors (Lipinski definition) is 2. The van der Waals surface area contributed by atoms with E-state index in [0.717, 1.165) is 6.07 Å². The van der Waals surface area contributed by atoms with Gasteiger partial charge in [-0.05, 0) is 24.3 Å². The van der Waals surface area contributed by atoms with Crippen LogP contribution in [0.1, 0.15) is 20.7 Å². The molecule has 0 atom stereocenters. The van der Waals surface area contributed by atoms with Gasteiger partial charge in [0.25, 0.3) is 11.6 Å². The zero-order valence-corrected chi connectivity index (χ0v) is 11.7. The van der Waals surface area contributed by atoms with Crippen molar-refractivity contribution in [3.8, 4) is 0 Å². The van der Waals surface area contributed by atoms with Crippen molar-refractivity contribution in [2.45, 2.75) is 0 Å². The van der Waals surface area contributed by atoms with E-state index in [1.807, 2.05) is 0 Å². The molecule has 0 aliphatic rings. The standard InChI is InChI=1S/C14H9ClN2O5/c15-8-5-6-11(12(7-8)17(21)22)16-13(18)9-3-1-2-4-10(9)14(19)20/h1-7H,(H,16,18)(H,19,20). The van der Waals surface area contributed by atoms with Gasteiger partial charge >= 0.3 is 5.97 Å². The minimum Gasteiger partial charge on any atom is -0.478 e. The zero-order chi connectivity index (χ0) is 16.3. The van der Waals surface area contributed by atoms with Crippen LogP contribution in [0.3, 0.4) is 0 Å². The molecule has 0 aromatic heterocycles. The van der Waals surface area contributed by atoms with Crippen molar-refractivity contribution in [1.82, 2.24) is 0 Å². The molecule has 0 radical (unpaired) electrons. The molecule has 2 aromatic rings. The summed E-state index contributed by atoms with van der Waals surface area (Å²) in [5.41, 5.74) is -0.746. The van der Waals surface area contributed by atoms with Gasteiger partial charge in [0, 0.05) is 11.1 Å². The summed E-state index contributed by atoms with van der Waals surface area (Å²) in [7, 11) is 0. The van der Waals surface area contributed by atoms with Crippen LogP contribution in [-0.4, -0.2) is 21.9 Å². The molecule has 8 heteroatoms. The van der Waals surface area contributed by atoms with Gasteiger partial charge in [-0.15, -0.1) is 0 Å². The molecule has 2 N–H and O–H groups in total. The molecule has 22 heavy (non-hydrogen) atoms. The van der Waals surface area contributed by atoms with E-state index in [1.165, 1.54) is 36.4 Å². The van der Waals surface area contributed by atoms with Gasteiger partial charge < -0.3 is 10.4 Å². The fourth-order valence-corrected chi connectivity index (χ4v) is 1.99. The second-order valence-corrected chi connectivity index (χ2v) is 4.66. The lowest BCUT2D eigenvalue weighted by molar-refractivity contribution is -0.383. The number of nitrogens with zero attached hydrogens (tertiary/aromatic N) is 1. The Hall–Kier alpha value is -2.93. The number of carboxylic acid groups (broad SMARTS) is 1. The van der Waals surface area contributed by atoms with Crippen molar-refractivity contribution in [2.24, 2.45) is 0 Å². The Bertz CT molecular complexity index is 776. The van der Waals surface area contributed by atoms with Gasteiger partial charge in [-0.2, -0.15) is 0 Å². The van der Waals surface area contributed by atoms with E-state index in [0.29, 0.717) is 0 Å². The van der Waals surface area contributed by atoms with Crippen molar-refractivity contribution in [1.29, 1.82) is 0 Å². The zero-order valence-electron chi connectivity index (χ0n) is 10.9. The average molecular weight is 321 g/mol. The number of carboxylic acids is 1. The highest BCUT2D eigenvalue weighted by Gasteiger charge is 2.20. The van der Waals surface area contributed by atoms with Gasteiger partial charge in [0.15, 0.2) is 0 Å². The highest BCUT2D eigenvalue weighted by molar-refractivity contribution is 6.31. The van der Waals surface area contributed by atoms with Crippen LogP contribution < -0.4 is 5.32 Å². The highest BCUT2D eigenvalue weighted by Crippen LogP contribution is 2.28. The van der Waals surface area contributed by atoms with Crippen molar-refractivity contribution >= 4 is 34.9 Å². The van der Waals surface area contributed by atoms with E-state index in [9.17, 15) is 19.7 Å². The smallest absolute Gasteiger partial charge is 0.336 e. The Balaban J connectivity index is 2.38. The lowest BCUT2D eigenvalue weighted by Gasteiger charge is -2.08. The fourth-order valence-electron chi connectivity index (χ4n) is 1.82. The summed E-state index contributed by atoms with van der Waals surface area (Å²) in [4.78, 5) is 33.5. The maximum absolute atomic E-state index is 12.2. The number of carbonyl (C=O) groups is 2. The molecule has 2 aromatic carbocycles. The van der Waals surface area contributed by atoms with Gasteiger partial charge in [0.1, 0.15) is 5.69 Å². The molecule has 112 valence electrons. The minimum absolute atomic E-state index is 0.0698. The van der Waals surface area contributed by atoms with Gasteiger partial charge in [0.05, 0.1) is 16.1 Å². The molecule has 0 heterocycles. The molecule has 2 rings (SSSR count). The van der Waals surface area contributed by atoms with E-state index < -0.39 is 16.8 Å². The van der Waals surface area contributed by atoms with Crippen LogP contribution in [0.5, 0.6) is 0 Å². The molecule has 0 unspecified atom stereocenters. The Morgan fingerprint density at radius 2 is 1.77 bits per heavy atom. The van der Waals surface area contributed by atoms with Crippen LogP contribution in [0.4, 0.5) is 11.4 Å². The van der Waals surface area contributed by atoms with Crippen LogP contribution in [0.25, 0.3) is 0 Å². The number of amides is 1. The topological polar surface area (TPSA) is 110 Å². The van der Waals surface area contributed by atoms with Gasteiger partial charge in [-0.1, -0.05) is 23.7 Å². The summed E-state index contributed by atoms with van der Waals surface area (Å²) in [5, 5.41) is 22.5. The SMILES string of the molecule is O=C(O)c1ccccc1C(=O)Nc1ccc(Cl)cc1[N+](=O)[O-]. The molecule has 0 saturated carbocycles. The monoisotopic (exact) mass is 320 g/mol. The molecule has 0 aliphatic carbocycles. The summed E-state index contributed by atoms with van der Waals surface area (Å²) in [6.45, 7) is 0. The van der Waals surface area contributed by atoms with Gasteiger partial charge in [0.2, 0.25) is 0 Å². The number of benzene rings is 2. The second kappa shape index (κ2) is 6.23. The summed E-state index contributed by atoms with van der Waals surface area (Å²) in [6.07, 6.45) is 0. The van der Waals surface area contributed by atoms with E-state index in [-0.39, 0.29) is 27.5 Å². The first-order chi connectivity index (χ1) is 10.4. The van der Waals surface area contributed by atoms with Crippen molar-refractivity contribution in [3.05, 3.63) is 68.7 Å². The van der Waals surface area contributed by atoms with Crippen LogP contribution in [0.15, 0.2) is 42.5 Å². The van der Waals surface area contributed by atoms with E-state index in [1.54, 1.807) is 0 Å². The van der Waals surface area contributed by atoms with Crippen LogP contribution in [0.2, 0.25) is 5.02 Å². The molecule has 0 saturated heterocycles. The first-order valence-corrected chi connectivity index (χ1v) is 6.35. The number of carbonyl (C=O) groups excluding carboxylic acids is 1. The summed E-state index contributed by atoms with van der Waals surface area (Å²) in [6, 6.07) is 9.33. The molecular weight excluding hydrogens is 312 g/mol. The molecule has 0 bridgehead atoms. The number of anilines is 1. The van der Waals surface area contributed by atoms with Crippen molar-refractivity contribution in [2.75, 3.05) is 5.32 Å². The Morgan fingerprint density at radius 1 is 1.14 bits per heavy atom. The third kappa shape index (κ3) is 3.21. The quantitative estimate of drug-likeness (QED) is 0.664. The largest absolute Gasteiger partial charge is 0.478 e. The first kappa shape index (κ1) is 15.5. The Labute approximate surface area is 129 Å². The number of halogens is 1. The lowest BCUT2D eigenvalue weighted by Crippen LogP contribution is -2.17. The van der Waals surface area contributed by atoms with Crippen LogP contribution in [-0.2, 0) is 0 Å². The molecule has 0 fully saturated rings. The number of nitro groups is 1. The number of hydrogen-bond acceptors (Lipinski definition) is 4. The molecule has 7 nitrogen and oxygen atoms in total. The number of nitro benzene ring substituents is 1. The normalized spacial score (nSPS) is 10.0. The minimum atomic E-state index is -1.27. The Kier molecular flexibility index (Phi) is 4.38. The van der Waals surface area contributed by atoms with Gasteiger partial charge in [-0.25, -0.2) is 4.79 Å². The lowest BCUT2D eigenvalue weighted by atomic mass is 10.1. The number of nitrogens with one attached hydrogen (secondary N) is 1. The predicted octanol–water partition coefficient (Wildman–Crippen LogP) is 3.20. The van der Waals surface area contributed by atoms with Crippen LogP contribution in [0, 0.1) is 10.1 Å². The molecule has 1 amide bonds. The third-order valence-corrected chi connectivity index (χ3v) is 3.04. The maximum Gasteiger partial charge on any atom is 0.336 e. The number of rotatable bonds is 4. The summed E-state index contributed by atoms with van der Waals surface area (Å²) < 4.78 is 0. The summed E-state index contributed by atoms with van der Waals surface area (Å²) >= 11 is 5.69. The molecular formula is C14H9ClN2O5. The molecule has 0 aliphatic heterocycles. The van der Waals surface area contributed by atoms with Gasteiger partial charge in [-0.3, -0.25) is 14.9 Å². The van der Waals surface area contributed by atoms with E-state index >= 15 is 0 Å². The summed E-state index contributed by atoms with van der Waals surface area (Å²) in [5.74, 6) is -2.03. The first-order valence-electron chi connectivity index (χ1n) is 5.97. The maximum atomic E-state index is 12.2.